The number of aryl methyl sites for hydroxylation is 1. The van der Waals surface area contributed by atoms with Gasteiger partial charge in [0, 0.05) is 19.2 Å². The molecule has 1 rings (SSSR count). The van der Waals surface area contributed by atoms with Gasteiger partial charge in [-0.05, 0) is 25.5 Å². The molecule has 0 heterocycles. The molecule has 1 N–H and O–H groups in total. The Bertz CT molecular complexity index is 313. The Morgan fingerprint density at radius 3 is 2.81 bits per heavy atom. The zero-order valence-corrected chi connectivity index (χ0v) is 10.4. The number of hydrogen-bond acceptors (Lipinski definition) is 3. The summed E-state index contributed by atoms with van der Waals surface area (Å²) in [6, 6.07) is 6.19. The highest BCUT2D eigenvalue weighted by Gasteiger charge is 2.06. The van der Waals surface area contributed by atoms with Crippen molar-refractivity contribution in [3.8, 4) is 5.75 Å². The van der Waals surface area contributed by atoms with Crippen molar-refractivity contribution in [2.45, 2.75) is 26.8 Å². The van der Waals surface area contributed by atoms with Crippen LogP contribution in [0.3, 0.4) is 0 Å². The first-order chi connectivity index (χ1) is 7.79. The lowest BCUT2D eigenvalue weighted by Gasteiger charge is -2.13. The normalized spacial score (nSPS) is 10.4. The van der Waals surface area contributed by atoms with Gasteiger partial charge >= 0.3 is 0 Å². The topological polar surface area (TPSA) is 30.5 Å². The number of ether oxygens (including phenoxy) is 2. The molecule has 0 fully saturated rings. The van der Waals surface area contributed by atoms with Crippen molar-refractivity contribution < 1.29 is 9.47 Å². The summed E-state index contributed by atoms with van der Waals surface area (Å²) in [5.41, 5.74) is 2.33. The van der Waals surface area contributed by atoms with Crippen molar-refractivity contribution in [1.82, 2.24) is 5.32 Å². The van der Waals surface area contributed by atoms with Gasteiger partial charge in [0.15, 0.2) is 6.79 Å². The molecule has 1 aromatic rings. The van der Waals surface area contributed by atoms with Crippen LogP contribution in [0.2, 0.25) is 0 Å². The second kappa shape index (κ2) is 7.25. The van der Waals surface area contributed by atoms with Gasteiger partial charge in [-0.2, -0.15) is 0 Å². The molecule has 0 saturated carbocycles. The molecule has 1 aromatic carbocycles. The van der Waals surface area contributed by atoms with E-state index in [1.165, 1.54) is 5.56 Å². The van der Waals surface area contributed by atoms with Crippen molar-refractivity contribution >= 4 is 0 Å². The number of rotatable bonds is 7. The number of methoxy groups -OCH3 is 1. The standard InChI is InChI=1S/C13H21NO2/c1-4-8-14-9-12-7-5-6-11(2)13(12)16-10-15-3/h5-7,14H,4,8-10H2,1-3H3. The third-order valence-electron chi connectivity index (χ3n) is 2.36. The molecule has 0 spiro atoms. The van der Waals surface area contributed by atoms with E-state index in [9.17, 15) is 0 Å². The molecule has 0 unspecified atom stereocenters. The van der Waals surface area contributed by atoms with Crippen LogP contribution < -0.4 is 10.1 Å². The van der Waals surface area contributed by atoms with Crippen LogP contribution in [0.4, 0.5) is 0 Å². The number of benzene rings is 1. The molecular formula is C13H21NO2. The molecule has 0 saturated heterocycles. The quantitative estimate of drug-likeness (QED) is 0.569. The zero-order chi connectivity index (χ0) is 11.8. The highest BCUT2D eigenvalue weighted by molar-refractivity contribution is 5.40. The molecule has 0 aromatic heterocycles. The molecule has 0 aliphatic rings. The molecule has 16 heavy (non-hydrogen) atoms. The van der Waals surface area contributed by atoms with Crippen molar-refractivity contribution in [2.75, 3.05) is 20.4 Å². The predicted molar refractivity (Wildman–Crippen MR) is 65.7 cm³/mol. The Kier molecular flexibility index (Phi) is 5.90. The van der Waals surface area contributed by atoms with Crippen LogP contribution in [-0.4, -0.2) is 20.4 Å². The van der Waals surface area contributed by atoms with E-state index >= 15 is 0 Å². The summed E-state index contributed by atoms with van der Waals surface area (Å²) >= 11 is 0. The maximum absolute atomic E-state index is 5.59. The summed E-state index contributed by atoms with van der Waals surface area (Å²) in [4.78, 5) is 0. The van der Waals surface area contributed by atoms with Crippen LogP contribution in [0.5, 0.6) is 5.75 Å². The van der Waals surface area contributed by atoms with Crippen LogP contribution >= 0.6 is 0 Å². The van der Waals surface area contributed by atoms with Gasteiger partial charge in [-0.3, -0.25) is 0 Å². The fourth-order valence-corrected chi connectivity index (χ4v) is 1.58. The van der Waals surface area contributed by atoms with Crippen molar-refractivity contribution in [1.29, 1.82) is 0 Å². The first-order valence-corrected chi connectivity index (χ1v) is 5.70. The van der Waals surface area contributed by atoms with Crippen LogP contribution in [-0.2, 0) is 11.3 Å². The molecule has 0 aliphatic carbocycles. The third kappa shape index (κ3) is 3.83. The average Bonchev–Trinajstić information content (AvgIpc) is 2.28. The summed E-state index contributed by atoms with van der Waals surface area (Å²) in [5.74, 6) is 0.938. The minimum atomic E-state index is 0.297. The van der Waals surface area contributed by atoms with Crippen molar-refractivity contribution in [3.05, 3.63) is 29.3 Å². The smallest absolute Gasteiger partial charge is 0.188 e. The SMILES string of the molecule is CCCNCc1cccc(C)c1OCOC. The number of hydrogen-bond donors (Lipinski definition) is 1. The first-order valence-electron chi connectivity index (χ1n) is 5.70. The van der Waals surface area contributed by atoms with Crippen LogP contribution in [0.25, 0.3) is 0 Å². The molecule has 0 amide bonds. The summed E-state index contributed by atoms with van der Waals surface area (Å²) in [7, 11) is 1.63. The zero-order valence-electron chi connectivity index (χ0n) is 10.4. The van der Waals surface area contributed by atoms with Gasteiger partial charge in [-0.25, -0.2) is 0 Å². The summed E-state index contributed by atoms with van der Waals surface area (Å²) in [6.07, 6.45) is 1.14. The molecule has 0 aliphatic heterocycles. The Morgan fingerprint density at radius 1 is 1.31 bits per heavy atom. The average molecular weight is 223 g/mol. The molecule has 0 radical (unpaired) electrons. The summed E-state index contributed by atoms with van der Waals surface area (Å²) in [6.45, 7) is 6.37. The second-order valence-corrected chi connectivity index (χ2v) is 3.79. The lowest BCUT2D eigenvalue weighted by molar-refractivity contribution is 0.0498. The first kappa shape index (κ1) is 13.0. The summed E-state index contributed by atoms with van der Waals surface area (Å²) < 4.78 is 10.5. The Hall–Kier alpha value is -1.06. The maximum atomic E-state index is 5.59. The van der Waals surface area contributed by atoms with Gasteiger partial charge in [0.05, 0.1) is 0 Å². The lowest BCUT2D eigenvalue weighted by atomic mass is 10.1. The van der Waals surface area contributed by atoms with Gasteiger partial charge in [0.25, 0.3) is 0 Å². The maximum Gasteiger partial charge on any atom is 0.188 e. The molecular weight excluding hydrogens is 202 g/mol. The number of nitrogens with one attached hydrogen (secondary N) is 1. The van der Waals surface area contributed by atoms with E-state index < -0.39 is 0 Å². The van der Waals surface area contributed by atoms with E-state index in [-0.39, 0.29) is 0 Å². The monoisotopic (exact) mass is 223 g/mol. The minimum Gasteiger partial charge on any atom is -0.467 e. The highest BCUT2D eigenvalue weighted by Crippen LogP contribution is 2.23. The fraction of sp³-hybridized carbons (Fsp3) is 0.538. The van der Waals surface area contributed by atoms with Gasteiger partial charge in [-0.15, -0.1) is 0 Å². The Balaban J connectivity index is 2.68. The fourth-order valence-electron chi connectivity index (χ4n) is 1.58. The minimum absolute atomic E-state index is 0.297. The van der Waals surface area contributed by atoms with Gasteiger partial charge in [0.1, 0.15) is 5.75 Å². The van der Waals surface area contributed by atoms with Gasteiger partial charge in [0.2, 0.25) is 0 Å². The largest absolute Gasteiger partial charge is 0.467 e. The Morgan fingerprint density at radius 2 is 2.12 bits per heavy atom. The van der Waals surface area contributed by atoms with E-state index in [1.807, 2.05) is 13.0 Å². The third-order valence-corrected chi connectivity index (χ3v) is 2.36. The van der Waals surface area contributed by atoms with E-state index in [0.717, 1.165) is 30.8 Å². The van der Waals surface area contributed by atoms with Crippen molar-refractivity contribution in [3.63, 3.8) is 0 Å². The van der Waals surface area contributed by atoms with E-state index in [1.54, 1.807) is 7.11 Å². The number of para-hydroxylation sites is 1. The van der Waals surface area contributed by atoms with Crippen molar-refractivity contribution in [2.24, 2.45) is 0 Å². The highest BCUT2D eigenvalue weighted by atomic mass is 16.7. The van der Waals surface area contributed by atoms with Crippen LogP contribution in [0, 0.1) is 6.92 Å². The molecule has 3 nitrogen and oxygen atoms in total. The van der Waals surface area contributed by atoms with Gasteiger partial charge < -0.3 is 14.8 Å². The molecule has 90 valence electrons. The van der Waals surface area contributed by atoms with E-state index in [0.29, 0.717) is 6.79 Å². The Labute approximate surface area is 97.8 Å². The summed E-state index contributed by atoms with van der Waals surface area (Å²) in [5, 5.41) is 3.37. The lowest BCUT2D eigenvalue weighted by Crippen LogP contribution is -2.15. The van der Waals surface area contributed by atoms with E-state index in [4.69, 9.17) is 9.47 Å². The molecule has 3 heteroatoms. The van der Waals surface area contributed by atoms with E-state index in [2.05, 4.69) is 24.4 Å². The molecule has 0 atom stereocenters. The van der Waals surface area contributed by atoms with Crippen LogP contribution in [0.1, 0.15) is 24.5 Å². The van der Waals surface area contributed by atoms with Crippen LogP contribution in [0.15, 0.2) is 18.2 Å². The predicted octanol–water partition coefficient (Wildman–Crippen LogP) is 2.48. The van der Waals surface area contributed by atoms with Gasteiger partial charge in [-0.1, -0.05) is 25.1 Å². The second-order valence-electron chi connectivity index (χ2n) is 3.79. The molecule has 0 bridgehead atoms.